The van der Waals surface area contributed by atoms with Crippen LogP contribution in [0.2, 0.25) is 5.15 Å². The van der Waals surface area contributed by atoms with Gasteiger partial charge in [0.1, 0.15) is 16.7 Å². The summed E-state index contributed by atoms with van der Waals surface area (Å²) in [7, 11) is 0. The van der Waals surface area contributed by atoms with E-state index >= 15 is 0 Å². The van der Waals surface area contributed by atoms with Gasteiger partial charge >= 0.3 is 0 Å². The second kappa shape index (κ2) is 9.47. The summed E-state index contributed by atoms with van der Waals surface area (Å²) in [6, 6.07) is 8.25. The summed E-state index contributed by atoms with van der Waals surface area (Å²) in [5, 5.41) is 1.30. The highest BCUT2D eigenvalue weighted by Crippen LogP contribution is 2.31. The first-order chi connectivity index (χ1) is 12.7. The molecule has 0 N–H and O–H groups in total. The molecule has 1 aliphatic heterocycles. The highest BCUT2D eigenvalue weighted by molar-refractivity contribution is 7.98. The maximum atomic E-state index is 6.57. The normalized spacial score (nSPS) is 14.5. The molecule has 2 aromatic rings. The first-order valence-corrected chi connectivity index (χ1v) is 10.9. The van der Waals surface area contributed by atoms with Gasteiger partial charge in [-0.2, -0.15) is 0 Å². The fourth-order valence-electron chi connectivity index (χ4n) is 3.16. The van der Waals surface area contributed by atoms with E-state index in [1.54, 1.807) is 0 Å². The molecule has 0 saturated carbocycles. The highest BCUT2D eigenvalue weighted by Gasteiger charge is 2.20. The van der Waals surface area contributed by atoms with Gasteiger partial charge in [0, 0.05) is 25.1 Å². The molecule has 3 rings (SSSR count). The molecular weight excluding hydrogens is 366 g/mol. The molecule has 0 amide bonds. The standard InChI is InChI=1S/C20H26ClN3OS/c1-3-13-25-16-9-7-15(8-10-16)14-17-18(21)22-20(26-2)23-19(17)24-11-5-4-6-12-24/h7-10H,3-6,11-14H2,1-2H3. The van der Waals surface area contributed by atoms with Gasteiger partial charge in [-0.05, 0) is 49.6 Å². The van der Waals surface area contributed by atoms with E-state index in [0.717, 1.165) is 54.8 Å². The van der Waals surface area contributed by atoms with Crippen LogP contribution >= 0.6 is 23.4 Å². The average Bonchev–Trinajstić information content (AvgIpc) is 2.69. The van der Waals surface area contributed by atoms with Crippen molar-refractivity contribution in [3.05, 3.63) is 40.5 Å². The van der Waals surface area contributed by atoms with Crippen molar-refractivity contribution < 1.29 is 4.74 Å². The SMILES string of the molecule is CCCOc1ccc(Cc2c(Cl)nc(SC)nc2N2CCCCC2)cc1. The fourth-order valence-corrected chi connectivity index (χ4v) is 3.81. The summed E-state index contributed by atoms with van der Waals surface area (Å²) in [6.07, 6.45) is 7.43. The Kier molecular flexibility index (Phi) is 7.03. The van der Waals surface area contributed by atoms with Gasteiger partial charge in [-0.1, -0.05) is 42.4 Å². The Morgan fingerprint density at radius 1 is 1.12 bits per heavy atom. The Bertz CT molecular complexity index is 718. The van der Waals surface area contributed by atoms with Gasteiger partial charge in [-0.25, -0.2) is 9.97 Å². The number of benzene rings is 1. The fraction of sp³-hybridized carbons (Fsp3) is 0.500. The van der Waals surface area contributed by atoms with Crippen LogP contribution in [0.5, 0.6) is 5.75 Å². The van der Waals surface area contributed by atoms with Gasteiger partial charge in [0.25, 0.3) is 0 Å². The van der Waals surface area contributed by atoms with Gasteiger partial charge in [0.2, 0.25) is 0 Å². The monoisotopic (exact) mass is 391 g/mol. The van der Waals surface area contributed by atoms with Crippen LogP contribution in [-0.4, -0.2) is 35.9 Å². The number of hydrogen-bond acceptors (Lipinski definition) is 5. The lowest BCUT2D eigenvalue weighted by Gasteiger charge is -2.30. The molecule has 140 valence electrons. The first-order valence-electron chi connectivity index (χ1n) is 9.28. The number of halogens is 1. The summed E-state index contributed by atoms with van der Waals surface area (Å²) in [6.45, 7) is 4.93. The number of rotatable bonds is 7. The molecule has 6 heteroatoms. The maximum Gasteiger partial charge on any atom is 0.190 e. The summed E-state index contributed by atoms with van der Waals surface area (Å²) in [5.41, 5.74) is 2.21. The van der Waals surface area contributed by atoms with Gasteiger partial charge in [-0.15, -0.1) is 0 Å². The highest BCUT2D eigenvalue weighted by atomic mass is 35.5. The van der Waals surface area contributed by atoms with Crippen molar-refractivity contribution >= 4 is 29.2 Å². The summed E-state index contributed by atoms with van der Waals surface area (Å²) in [4.78, 5) is 11.6. The van der Waals surface area contributed by atoms with Gasteiger partial charge in [0.15, 0.2) is 5.16 Å². The van der Waals surface area contributed by atoms with Gasteiger partial charge in [-0.3, -0.25) is 0 Å². The third-order valence-corrected chi connectivity index (χ3v) is 5.39. The average molecular weight is 392 g/mol. The predicted octanol–water partition coefficient (Wildman–Crippen LogP) is 5.22. The molecule has 0 aliphatic carbocycles. The number of piperidine rings is 1. The molecule has 0 bridgehead atoms. The minimum atomic E-state index is 0.566. The largest absolute Gasteiger partial charge is 0.494 e. The Hall–Kier alpha value is -1.46. The molecule has 2 heterocycles. The molecule has 1 fully saturated rings. The molecule has 0 radical (unpaired) electrons. The Labute approximate surface area is 165 Å². The van der Waals surface area contributed by atoms with Crippen LogP contribution in [-0.2, 0) is 6.42 Å². The van der Waals surface area contributed by atoms with Crippen LogP contribution in [0.4, 0.5) is 5.82 Å². The molecule has 0 spiro atoms. The molecule has 26 heavy (non-hydrogen) atoms. The van der Waals surface area contributed by atoms with Crippen molar-refractivity contribution in [1.29, 1.82) is 0 Å². The van der Waals surface area contributed by atoms with Crippen molar-refractivity contribution in [3.8, 4) is 5.75 Å². The first kappa shape index (κ1) is 19.3. The van der Waals surface area contributed by atoms with E-state index < -0.39 is 0 Å². The lowest BCUT2D eigenvalue weighted by molar-refractivity contribution is 0.317. The van der Waals surface area contributed by atoms with E-state index in [9.17, 15) is 0 Å². The second-order valence-corrected chi connectivity index (χ2v) is 7.65. The number of nitrogens with zero attached hydrogens (tertiary/aromatic N) is 3. The topological polar surface area (TPSA) is 38.3 Å². The number of ether oxygens (including phenoxy) is 1. The van der Waals surface area contributed by atoms with Crippen LogP contribution in [0.25, 0.3) is 0 Å². The number of anilines is 1. The maximum absolute atomic E-state index is 6.57. The van der Waals surface area contributed by atoms with Crippen molar-refractivity contribution in [2.45, 2.75) is 44.2 Å². The number of hydrogen-bond donors (Lipinski definition) is 0. The lowest BCUT2D eigenvalue weighted by Crippen LogP contribution is -2.31. The minimum Gasteiger partial charge on any atom is -0.494 e. The third kappa shape index (κ3) is 4.83. The third-order valence-electron chi connectivity index (χ3n) is 4.53. The van der Waals surface area contributed by atoms with E-state index in [1.165, 1.54) is 36.6 Å². The second-order valence-electron chi connectivity index (χ2n) is 6.52. The van der Waals surface area contributed by atoms with Crippen LogP contribution in [0, 0.1) is 0 Å². The molecule has 1 aromatic heterocycles. The van der Waals surface area contributed by atoms with E-state index in [0.29, 0.717) is 5.15 Å². The molecule has 1 aromatic carbocycles. The van der Waals surface area contributed by atoms with Crippen molar-refractivity contribution in [2.24, 2.45) is 0 Å². The molecule has 0 unspecified atom stereocenters. The summed E-state index contributed by atoms with van der Waals surface area (Å²) < 4.78 is 5.67. The van der Waals surface area contributed by atoms with E-state index in [1.807, 2.05) is 18.4 Å². The number of thioether (sulfide) groups is 1. The smallest absolute Gasteiger partial charge is 0.190 e. The minimum absolute atomic E-state index is 0.566. The zero-order valence-corrected chi connectivity index (χ0v) is 17.1. The van der Waals surface area contributed by atoms with Crippen LogP contribution in [0.15, 0.2) is 29.4 Å². The van der Waals surface area contributed by atoms with Gasteiger partial charge in [0.05, 0.1) is 6.61 Å². The predicted molar refractivity (Wildman–Crippen MR) is 110 cm³/mol. The Balaban J connectivity index is 1.85. The molecular formula is C20H26ClN3OS. The Morgan fingerprint density at radius 2 is 1.85 bits per heavy atom. The molecule has 1 aliphatic rings. The van der Waals surface area contributed by atoms with Crippen LogP contribution < -0.4 is 9.64 Å². The van der Waals surface area contributed by atoms with E-state index in [4.69, 9.17) is 21.3 Å². The van der Waals surface area contributed by atoms with Crippen LogP contribution in [0.3, 0.4) is 0 Å². The van der Waals surface area contributed by atoms with Crippen molar-refractivity contribution in [3.63, 3.8) is 0 Å². The quantitative estimate of drug-likeness (QED) is 0.367. The Morgan fingerprint density at radius 3 is 2.50 bits per heavy atom. The lowest BCUT2D eigenvalue weighted by atomic mass is 10.0. The molecule has 1 saturated heterocycles. The summed E-state index contributed by atoms with van der Waals surface area (Å²) in [5.74, 6) is 1.91. The van der Waals surface area contributed by atoms with Crippen molar-refractivity contribution in [1.82, 2.24) is 9.97 Å². The zero-order valence-electron chi connectivity index (χ0n) is 15.5. The molecule has 0 atom stereocenters. The van der Waals surface area contributed by atoms with Gasteiger partial charge < -0.3 is 9.64 Å². The number of aromatic nitrogens is 2. The zero-order chi connectivity index (χ0) is 18.4. The van der Waals surface area contributed by atoms with Crippen molar-refractivity contribution in [2.75, 3.05) is 30.9 Å². The molecule has 4 nitrogen and oxygen atoms in total. The summed E-state index contributed by atoms with van der Waals surface area (Å²) >= 11 is 8.10. The van der Waals surface area contributed by atoms with E-state index in [2.05, 4.69) is 28.9 Å². The van der Waals surface area contributed by atoms with Crippen LogP contribution in [0.1, 0.15) is 43.7 Å². The van der Waals surface area contributed by atoms with E-state index in [-0.39, 0.29) is 0 Å².